The van der Waals surface area contributed by atoms with Crippen molar-refractivity contribution in [3.8, 4) is 0 Å². The number of hydrogen-bond donors (Lipinski definition) is 0. The van der Waals surface area contributed by atoms with E-state index in [2.05, 4.69) is 15.9 Å². The Morgan fingerprint density at radius 3 is 2.33 bits per heavy atom. The van der Waals surface area contributed by atoms with E-state index in [1.54, 1.807) is 18.2 Å². The van der Waals surface area contributed by atoms with Crippen LogP contribution in [0.15, 0.2) is 59.1 Å². The maximum Gasteiger partial charge on any atom is 0.273 e. The van der Waals surface area contributed by atoms with Crippen LogP contribution in [0.3, 0.4) is 0 Å². The molecule has 0 saturated carbocycles. The van der Waals surface area contributed by atoms with Gasteiger partial charge in [0.25, 0.3) is 5.92 Å². The van der Waals surface area contributed by atoms with Crippen LogP contribution in [0.2, 0.25) is 0 Å². The Bertz CT molecular complexity index is 509. The third kappa shape index (κ3) is 3.39. The molecule has 0 unspecified atom stereocenters. The second-order valence-electron chi connectivity index (χ2n) is 4.20. The monoisotopic (exact) mass is 310 g/mol. The third-order valence-corrected chi connectivity index (χ3v) is 3.31. The van der Waals surface area contributed by atoms with Gasteiger partial charge in [-0.15, -0.1) is 0 Å². The molecule has 2 rings (SSSR count). The zero-order valence-electron chi connectivity index (χ0n) is 9.74. The van der Waals surface area contributed by atoms with Gasteiger partial charge in [-0.05, 0) is 24.1 Å². The minimum absolute atomic E-state index is 0.0833. The Labute approximate surface area is 114 Å². The molecule has 0 saturated heterocycles. The summed E-state index contributed by atoms with van der Waals surface area (Å²) < 4.78 is 28.8. The number of alkyl halides is 2. The highest BCUT2D eigenvalue weighted by Crippen LogP contribution is 2.32. The maximum absolute atomic E-state index is 13.9. The summed E-state index contributed by atoms with van der Waals surface area (Å²) in [5.74, 6) is -2.77. The van der Waals surface area contributed by atoms with Gasteiger partial charge in [-0.2, -0.15) is 0 Å². The summed E-state index contributed by atoms with van der Waals surface area (Å²) in [6, 6.07) is 15.5. The zero-order valence-corrected chi connectivity index (χ0v) is 11.3. The molecule has 3 heteroatoms. The summed E-state index contributed by atoms with van der Waals surface area (Å²) in [6.45, 7) is 0. The van der Waals surface area contributed by atoms with Crippen molar-refractivity contribution in [3.63, 3.8) is 0 Å². The quantitative estimate of drug-likeness (QED) is 0.730. The molecule has 0 N–H and O–H groups in total. The first-order valence-electron chi connectivity index (χ1n) is 5.76. The fourth-order valence-corrected chi connectivity index (χ4v) is 2.27. The molecular weight excluding hydrogens is 298 g/mol. The molecule has 0 aliphatic carbocycles. The second kappa shape index (κ2) is 5.61. The van der Waals surface area contributed by atoms with Crippen LogP contribution in [-0.2, 0) is 12.3 Å². The molecule has 0 radical (unpaired) electrons. The molecular formula is C15H13BrF2. The van der Waals surface area contributed by atoms with Gasteiger partial charge < -0.3 is 0 Å². The van der Waals surface area contributed by atoms with E-state index >= 15 is 0 Å². The van der Waals surface area contributed by atoms with Gasteiger partial charge in [0.05, 0.1) is 0 Å². The van der Waals surface area contributed by atoms with Crippen LogP contribution in [0, 0.1) is 0 Å². The molecule has 18 heavy (non-hydrogen) atoms. The second-order valence-corrected chi connectivity index (χ2v) is 5.12. The molecule has 0 aliphatic heterocycles. The van der Waals surface area contributed by atoms with E-state index in [0.29, 0.717) is 6.42 Å². The van der Waals surface area contributed by atoms with E-state index in [-0.39, 0.29) is 12.0 Å². The van der Waals surface area contributed by atoms with Crippen molar-refractivity contribution >= 4 is 15.9 Å². The van der Waals surface area contributed by atoms with E-state index in [9.17, 15) is 8.78 Å². The number of hydrogen-bond acceptors (Lipinski definition) is 0. The van der Waals surface area contributed by atoms with Crippen molar-refractivity contribution in [1.82, 2.24) is 0 Å². The van der Waals surface area contributed by atoms with E-state index in [0.717, 1.165) is 10.0 Å². The highest BCUT2D eigenvalue weighted by molar-refractivity contribution is 9.10. The minimum Gasteiger partial charge on any atom is -0.201 e. The van der Waals surface area contributed by atoms with Gasteiger partial charge in [0.15, 0.2) is 0 Å². The summed E-state index contributed by atoms with van der Waals surface area (Å²) >= 11 is 3.34. The standard InChI is InChI=1S/C15H13BrF2/c16-14-8-4-5-12(11-14)9-10-15(17,18)13-6-2-1-3-7-13/h1-8,11H,9-10H2. The molecule has 0 aliphatic rings. The molecule has 2 aromatic rings. The Balaban J connectivity index is 2.05. The average molecular weight is 311 g/mol. The number of rotatable bonds is 4. The van der Waals surface area contributed by atoms with E-state index < -0.39 is 5.92 Å². The normalized spacial score (nSPS) is 11.5. The van der Waals surface area contributed by atoms with Crippen LogP contribution in [0.1, 0.15) is 17.5 Å². The predicted octanol–water partition coefficient (Wildman–Crippen LogP) is 5.17. The third-order valence-electron chi connectivity index (χ3n) is 2.81. The Morgan fingerprint density at radius 1 is 0.944 bits per heavy atom. The van der Waals surface area contributed by atoms with Crippen molar-refractivity contribution in [1.29, 1.82) is 0 Å². The van der Waals surface area contributed by atoms with Crippen LogP contribution in [-0.4, -0.2) is 0 Å². The topological polar surface area (TPSA) is 0 Å². The maximum atomic E-state index is 13.9. The van der Waals surface area contributed by atoms with Gasteiger partial charge in [-0.3, -0.25) is 0 Å². The average Bonchev–Trinajstić information content (AvgIpc) is 2.38. The van der Waals surface area contributed by atoms with Crippen LogP contribution in [0.25, 0.3) is 0 Å². The molecule has 0 nitrogen and oxygen atoms in total. The van der Waals surface area contributed by atoms with Gasteiger partial charge in [-0.1, -0.05) is 58.4 Å². The highest BCUT2D eigenvalue weighted by Gasteiger charge is 2.30. The molecule has 94 valence electrons. The summed E-state index contributed by atoms with van der Waals surface area (Å²) in [4.78, 5) is 0. The van der Waals surface area contributed by atoms with Crippen molar-refractivity contribution in [2.24, 2.45) is 0 Å². The number of halogens is 3. The highest BCUT2D eigenvalue weighted by atomic mass is 79.9. The minimum atomic E-state index is -2.77. The number of benzene rings is 2. The Kier molecular flexibility index (Phi) is 4.12. The summed E-state index contributed by atoms with van der Waals surface area (Å²) in [6.07, 6.45) is 0.189. The lowest BCUT2D eigenvalue weighted by Crippen LogP contribution is -2.14. The van der Waals surface area contributed by atoms with Crippen molar-refractivity contribution in [2.75, 3.05) is 0 Å². The van der Waals surface area contributed by atoms with Crippen LogP contribution < -0.4 is 0 Å². The lowest BCUT2D eigenvalue weighted by molar-refractivity contribution is -0.0130. The Hall–Kier alpha value is -1.22. The van der Waals surface area contributed by atoms with Gasteiger partial charge in [0.2, 0.25) is 0 Å². The van der Waals surface area contributed by atoms with Crippen molar-refractivity contribution < 1.29 is 8.78 Å². The first kappa shape index (κ1) is 13.2. The smallest absolute Gasteiger partial charge is 0.201 e. The first-order chi connectivity index (χ1) is 8.58. The van der Waals surface area contributed by atoms with Gasteiger partial charge in [0.1, 0.15) is 0 Å². The van der Waals surface area contributed by atoms with Gasteiger partial charge >= 0.3 is 0 Å². The lowest BCUT2D eigenvalue weighted by Gasteiger charge is -2.16. The fraction of sp³-hybridized carbons (Fsp3) is 0.200. The van der Waals surface area contributed by atoms with Crippen molar-refractivity contribution in [3.05, 3.63) is 70.2 Å². The van der Waals surface area contributed by atoms with Crippen LogP contribution >= 0.6 is 15.9 Å². The predicted molar refractivity (Wildman–Crippen MR) is 72.8 cm³/mol. The molecule has 0 atom stereocenters. The van der Waals surface area contributed by atoms with E-state index in [1.165, 1.54) is 12.1 Å². The molecule has 0 aromatic heterocycles. The molecule has 2 aromatic carbocycles. The van der Waals surface area contributed by atoms with Crippen LogP contribution in [0.5, 0.6) is 0 Å². The first-order valence-corrected chi connectivity index (χ1v) is 6.55. The van der Waals surface area contributed by atoms with E-state index in [1.807, 2.05) is 24.3 Å². The summed E-state index contributed by atoms with van der Waals surface area (Å²) in [7, 11) is 0. The van der Waals surface area contributed by atoms with Crippen LogP contribution in [0.4, 0.5) is 8.78 Å². The molecule has 0 amide bonds. The fourth-order valence-electron chi connectivity index (χ4n) is 1.82. The number of aryl methyl sites for hydroxylation is 1. The van der Waals surface area contributed by atoms with Crippen molar-refractivity contribution in [2.45, 2.75) is 18.8 Å². The molecule has 0 spiro atoms. The lowest BCUT2D eigenvalue weighted by atomic mass is 10.0. The largest absolute Gasteiger partial charge is 0.273 e. The van der Waals surface area contributed by atoms with Gasteiger partial charge in [0, 0.05) is 16.5 Å². The summed E-state index contributed by atoms with van der Waals surface area (Å²) in [5, 5.41) is 0. The summed E-state index contributed by atoms with van der Waals surface area (Å²) in [5.41, 5.74) is 1.000. The molecule has 0 fully saturated rings. The SMILES string of the molecule is FC(F)(CCc1cccc(Br)c1)c1ccccc1. The molecule has 0 heterocycles. The zero-order chi connectivity index (χ0) is 13.0. The van der Waals surface area contributed by atoms with Gasteiger partial charge in [-0.25, -0.2) is 8.78 Å². The molecule has 0 bridgehead atoms. The van der Waals surface area contributed by atoms with E-state index in [4.69, 9.17) is 0 Å². The Morgan fingerprint density at radius 2 is 1.67 bits per heavy atom.